The smallest absolute Gasteiger partial charge is 0.0554 e. The molecule has 0 radical (unpaired) electrons. The third kappa shape index (κ3) is 2.77. The molecule has 18 heavy (non-hydrogen) atoms. The molecule has 2 heteroatoms. The van der Waals surface area contributed by atoms with Crippen molar-refractivity contribution in [2.24, 2.45) is 5.73 Å². The summed E-state index contributed by atoms with van der Waals surface area (Å²) in [7, 11) is 0. The van der Waals surface area contributed by atoms with Gasteiger partial charge in [0.2, 0.25) is 0 Å². The van der Waals surface area contributed by atoms with Crippen molar-refractivity contribution in [1.82, 2.24) is 0 Å². The van der Waals surface area contributed by atoms with Crippen LogP contribution < -0.4 is 5.73 Å². The molecule has 0 saturated carbocycles. The van der Waals surface area contributed by atoms with Crippen LogP contribution >= 0.6 is 11.8 Å². The minimum atomic E-state index is -0.0409. The van der Waals surface area contributed by atoms with E-state index in [-0.39, 0.29) is 6.04 Å². The minimum absolute atomic E-state index is 0.0409. The van der Waals surface area contributed by atoms with E-state index in [1.807, 2.05) is 0 Å². The van der Waals surface area contributed by atoms with Crippen molar-refractivity contribution in [2.75, 3.05) is 6.26 Å². The average molecular weight is 257 g/mol. The predicted octanol–water partition coefficient (Wildman–Crippen LogP) is 4.07. The van der Waals surface area contributed by atoms with Crippen LogP contribution in [0.15, 0.2) is 47.4 Å². The van der Waals surface area contributed by atoms with Crippen LogP contribution in [-0.4, -0.2) is 6.26 Å². The lowest BCUT2D eigenvalue weighted by molar-refractivity contribution is 0.858. The van der Waals surface area contributed by atoms with Gasteiger partial charge in [0.05, 0.1) is 6.04 Å². The van der Waals surface area contributed by atoms with Crippen molar-refractivity contribution in [3.8, 4) is 0 Å². The molecule has 0 aromatic heterocycles. The van der Waals surface area contributed by atoms with Crippen LogP contribution in [0.1, 0.15) is 28.3 Å². The van der Waals surface area contributed by atoms with Gasteiger partial charge in [0, 0.05) is 4.90 Å². The summed E-state index contributed by atoms with van der Waals surface area (Å²) in [5.74, 6) is 0. The van der Waals surface area contributed by atoms with Gasteiger partial charge in [-0.2, -0.15) is 0 Å². The highest BCUT2D eigenvalue weighted by Gasteiger charge is 2.11. The second-order valence-electron chi connectivity index (χ2n) is 4.61. The Hall–Kier alpha value is -1.25. The Morgan fingerprint density at radius 2 is 1.67 bits per heavy atom. The van der Waals surface area contributed by atoms with E-state index in [0.717, 1.165) is 0 Å². The number of aryl methyl sites for hydroxylation is 2. The summed E-state index contributed by atoms with van der Waals surface area (Å²) in [5, 5.41) is 0. The fourth-order valence-corrected chi connectivity index (χ4v) is 2.49. The number of hydrogen-bond donors (Lipinski definition) is 1. The van der Waals surface area contributed by atoms with E-state index >= 15 is 0 Å². The Morgan fingerprint density at radius 3 is 2.28 bits per heavy atom. The summed E-state index contributed by atoms with van der Waals surface area (Å²) >= 11 is 1.75. The minimum Gasteiger partial charge on any atom is -0.320 e. The first-order chi connectivity index (χ1) is 8.61. The number of rotatable bonds is 3. The largest absolute Gasteiger partial charge is 0.320 e. The number of thioether (sulfide) groups is 1. The summed E-state index contributed by atoms with van der Waals surface area (Å²) in [6, 6.07) is 14.9. The van der Waals surface area contributed by atoms with Crippen LogP contribution in [0, 0.1) is 13.8 Å². The molecule has 2 aromatic carbocycles. The van der Waals surface area contributed by atoms with Gasteiger partial charge in [-0.05, 0) is 48.9 Å². The third-order valence-corrected chi connectivity index (χ3v) is 3.99. The zero-order valence-electron chi connectivity index (χ0n) is 11.1. The lowest BCUT2D eigenvalue weighted by Crippen LogP contribution is -2.13. The molecule has 1 atom stereocenters. The highest BCUT2D eigenvalue weighted by Crippen LogP contribution is 2.25. The van der Waals surface area contributed by atoms with E-state index in [1.165, 1.54) is 27.1 Å². The first-order valence-corrected chi connectivity index (χ1v) is 7.31. The van der Waals surface area contributed by atoms with Crippen LogP contribution in [0.5, 0.6) is 0 Å². The molecule has 2 N–H and O–H groups in total. The molecule has 1 unspecified atom stereocenters. The Morgan fingerprint density at radius 1 is 1.00 bits per heavy atom. The molecular formula is C16H19NS. The molecule has 0 aliphatic rings. The number of hydrogen-bond acceptors (Lipinski definition) is 2. The van der Waals surface area contributed by atoms with Crippen LogP contribution in [0.3, 0.4) is 0 Å². The summed E-state index contributed by atoms with van der Waals surface area (Å²) in [4.78, 5) is 1.27. The zero-order valence-corrected chi connectivity index (χ0v) is 11.9. The summed E-state index contributed by atoms with van der Waals surface area (Å²) in [6.45, 7) is 4.22. The standard InChI is InChI=1S/C16H19NS/c1-11-4-5-12(2)15(10-11)16(17)13-6-8-14(18-3)9-7-13/h4-10,16H,17H2,1-3H3. The van der Waals surface area contributed by atoms with Gasteiger partial charge in [-0.15, -0.1) is 11.8 Å². The van der Waals surface area contributed by atoms with Crippen LogP contribution in [0.25, 0.3) is 0 Å². The highest BCUT2D eigenvalue weighted by molar-refractivity contribution is 7.98. The first-order valence-electron chi connectivity index (χ1n) is 6.08. The van der Waals surface area contributed by atoms with Gasteiger partial charge in [-0.3, -0.25) is 0 Å². The van der Waals surface area contributed by atoms with E-state index in [9.17, 15) is 0 Å². The van der Waals surface area contributed by atoms with Gasteiger partial charge in [0.1, 0.15) is 0 Å². The lowest BCUT2D eigenvalue weighted by Gasteiger charge is -2.16. The highest BCUT2D eigenvalue weighted by atomic mass is 32.2. The molecule has 0 aliphatic carbocycles. The quantitative estimate of drug-likeness (QED) is 0.839. The summed E-state index contributed by atoms with van der Waals surface area (Å²) in [6.07, 6.45) is 2.08. The molecule has 1 nitrogen and oxygen atoms in total. The van der Waals surface area contributed by atoms with Gasteiger partial charge in [0.25, 0.3) is 0 Å². The Labute approximate surface area is 113 Å². The lowest BCUT2D eigenvalue weighted by atomic mass is 9.94. The second-order valence-corrected chi connectivity index (χ2v) is 5.49. The predicted molar refractivity (Wildman–Crippen MR) is 80.2 cm³/mol. The molecule has 94 valence electrons. The molecule has 0 fully saturated rings. The maximum Gasteiger partial charge on any atom is 0.0554 e. The molecule has 0 amide bonds. The molecule has 2 aromatic rings. The van der Waals surface area contributed by atoms with E-state index in [2.05, 4.69) is 62.6 Å². The number of nitrogens with two attached hydrogens (primary N) is 1. The van der Waals surface area contributed by atoms with Gasteiger partial charge in [0.15, 0.2) is 0 Å². The van der Waals surface area contributed by atoms with Crippen molar-refractivity contribution >= 4 is 11.8 Å². The normalized spacial score (nSPS) is 12.4. The SMILES string of the molecule is CSc1ccc(C(N)c2cc(C)ccc2C)cc1. The van der Waals surface area contributed by atoms with Gasteiger partial charge < -0.3 is 5.73 Å². The fraction of sp³-hybridized carbons (Fsp3) is 0.250. The van der Waals surface area contributed by atoms with E-state index in [0.29, 0.717) is 0 Å². The molecule has 0 saturated heterocycles. The summed E-state index contributed by atoms with van der Waals surface area (Å²) < 4.78 is 0. The van der Waals surface area contributed by atoms with Gasteiger partial charge >= 0.3 is 0 Å². The molecule has 0 aliphatic heterocycles. The topological polar surface area (TPSA) is 26.0 Å². The van der Waals surface area contributed by atoms with Crippen molar-refractivity contribution in [3.05, 3.63) is 64.7 Å². The second kappa shape index (κ2) is 5.59. The van der Waals surface area contributed by atoms with E-state index < -0.39 is 0 Å². The molecular weight excluding hydrogens is 238 g/mol. The molecule has 2 rings (SSSR count). The first kappa shape index (κ1) is 13.2. The Balaban J connectivity index is 2.34. The van der Waals surface area contributed by atoms with Crippen LogP contribution in [0.4, 0.5) is 0 Å². The molecule has 0 spiro atoms. The van der Waals surface area contributed by atoms with Gasteiger partial charge in [-0.1, -0.05) is 35.9 Å². The van der Waals surface area contributed by atoms with Crippen LogP contribution in [0.2, 0.25) is 0 Å². The monoisotopic (exact) mass is 257 g/mol. The number of benzene rings is 2. The van der Waals surface area contributed by atoms with Crippen molar-refractivity contribution in [1.29, 1.82) is 0 Å². The van der Waals surface area contributed by atoms with Gasteiger partial charge in [-0.25, -0.2) is 0 Å². The van der Waals surface area contributed by atoms with Crippen molar-refractivity contribution in [3.63, 3.8) is 0 Å². The molecule has 0 heterocycles. The van der Waals surface area contributed by atoms with Crippen LogP contribution in [-0.2, 0) is 0 Å². The summed E-state index contributed by atoms with van der Waals surface area (Å²) in [5.41, 5.74) is 11.3. The molecule has 0 bridgehead atoms. The van der Waals surface area contributed by atoms with E-state index in [1.54, 1.807) is 11.8 Å². The fourth-order valence-electron chi connectivity index (χ4n) is 2.09. The maximum absolute atomic E-state index is 6.37. The van der Waals surface area contributed by atoms with Crippen molar-refractivity contribution < 1.29 is 0 Å². The van der Waals surface area contributed by atoms with E-state index in [4.69, 9.17) is 5.73 Å². The average Bonchev–Trinajstić information content (AvgIpc) is 2.41. The maximum atomic E-state index is 6.37. The van der Waals surface area contributed by atoms with Crippen molar-refractivity contribution in [2.45, 2.75) is 24.8 Å². The Bertz CT molecular complexity index is 531. The third-order valence-electron chi connectivity index (χ3n) is 3.24. The zero-order chi connectivity index (χ0) is 13.1. The Kier molecular flexibility index (Phi) is 4.10.